The molecule has 0 amide bonds. The molecule has 6 nitrogen and oxygen atoms in total. The van der Waals surface area contributed by atoms with Crippen molar-refractivity contribution in [2.45, 2.75) is 38.2 Å². The number of benzene rings is 2. The van der Waals surface area contributed by atoms with Gasteiger partial charge in [0.1, 0.15) is 0 Å². The molecule has 3 aromatic rings. The molecule has 0 aliphatic carbocycles. The highest BCUT2D eigenvalue weighted by molar-refractivity contribution is 6.43. The third-order valence-electron chi connectivity index (χ3n) is 5.43. The minimum absolute atomic E-state index is 0.341. The Labute approximate surface area is 239 Å². The van der Waals surface area contributed by atoms with Crippen molar-refractivity contribution in [1.82, 2.24) is 10.3 Å². The van der Waals surface area contributed by atoms with Crippen LogP contribution in [0.3, 0.4) is 0 Å². The smallest absolute Gasteiger partial charge is 0.0915 e. The van der Waals surface area contributed by atoms with E-state index in [0.717, 1.165) is 57.6 Å². The van der Waals surface area contributed by atoms with Gasteiger partial charge < -0.3 is 26.6 Å². The van der Waals surface area contributed by atoms with Crippen molar-refractivity contribution < 1.29 is 9.84 Å². The maximum Gasteiger partial charge on any atom is 0.0915 e. The fourth-order valence-corrected chi connectivity index (χ4v) is 4.12. The summed E-state index contributed by atoms with van der Waals surface area (Å²) >= 11 is 23.2. The lowest BCUT2D eigenvalue weighted by Crippen LogP contribution is -2.22. The van der Waals surface area contributed by atoms with Crippen molar-refractivity contribution in [3.05, 3.63) is 86.1 Å². The number of hydrogen-bond acceptors (Lipinski definition) is 6. The Kier molecular flexibility index (Phi) is 15.0. The molecule has 37 heavy (non-hydrogen) atoms. The second-order valence-electron chi connectivity index (χ2n) is 8.36. The van der Waals surface area contributed by atoms with Crippen molar-refractivity contribution in [3.63, 3.8) is 0 Å². The minimum Gasteiger partial charge on any atom is -0.397 e. The highest BCUT2D eigenvalue weighted by Gasteiger charge is 2.11. The fraction of sp³-hybridized carbons (Fsp3) is 0.370. The molecule has 1 aromatic heterocycles. The normalized spacial score (nSPS) is 11.6. The van der Waals surface area contributed by atoms with E-state index in [2.05, 4.69) is 10.3 Å². The van der Waals surface area contributed by atoms with Crippen LogP contribution in [-0.4, -0.2) is 36.4 Å². The first kappa shape index (κ1) is 31.4. The first-order valence-corrected chi connectivity index (χ1v) is 13.6. The molecule has 0 saturated carbocycles. The third-order valence-corrected chi connectivity index (χ3v) is 6.89. The van der Waals surface area contributed by atoms with Gasteiger partial charge in [0.2, 0.25) is 0 Å². The summed E-state index contributed by atoms with van der Waals surface area (Å²) in [5.74, 6) is 0. The zero-order valence-corrected chi connectivity index (χ0v) is 23.6. The summed E-state index contributed by atoms with van der Waals surface area (Å²) in [7, 11) is 0. The van der Waals surface area contributed by atoms with Crippen LogP contribution in [-0.2, 0) is 11.2 Å². The molecule has 2 aromatic carbocycles. The number of aliphatic hydroxyl groups is 1. The fourth-order valence-electron chi connectivity index (χ4n) is 3.31. The van der Waals surface area contributed by atoms with Gasteiger partial charge in [-0.1, -0.05) is 71.4 Å². The molecule has 0 aliphatic heterocycles. The average Bonchev–Trinajstić information content (AvgIpc) is 2.89. The number of rotatable bonds is 13. The number of nitrogens with one attached hydrogen (secondary N) is 1. The lowest BCUT2D eigenvalue weighted by molar-refractivity contribution is 0.132. The first-order valence-electron chi connectivity index (χ1n) is 12.1. The van der Waals surface area contributed by atoms with E-state index in [0.29, 0.717) is 43.6 Å². The monoisotopic (exact) mass is 586 g/mol. The van der Waals surface area contributed by atoms with E-state index in [1.807, 2.05) is 24.4 Å². The number of unbranched alkanes of at least 4 members (excludes halogenated alkanes) is 3. The molecule has 0 spiro atoms. The molecule has 1 atom stereocenters. The summed E-state index contributed by atoms with van der Waals surface area (Å²) in [6, 6.07) is 14.4. The van der Waals surface area contributed by atoms with Crippen LogP contribution in [0.4, 0.5) is 11.4 Å². The van der Waals surface area contributed by atoms with E-state index in [1.165, 1.54) is 0 Å². The predicted octanol–water partition coefficient (Wildman–Crippen LogP) is 6.99. The Hall–Kier alpha value is -1.77. The summed E-state index contributed by atoms with van der Waals surface area (Å²) in [4.78, 5) is 4.28. The van der Waals surface area contributed by atoms with Gasteiger partial charge in [-0.3, -0.25) is 4.98 Å². The van der Waals surface area contributed by atoms with Gasteiger partial charge in [-0.25, -0.2) is 0 Å². The zero-order chi connectivity index (χ0) is 27.0. The van der Waals surface area contributed by atoms with Crippen LogP contribution >= 0.6 is 46.4 Å². The van der Waals surface area contributed by atoms with Gasteiger partial charge >= 0.3 is 0 Å². The highest BCUT2D eigenvalue weighted by Crippen LogP contribution is 2.31. The Morgan fingerprint density at radius 2 is 1.59 bits per heavy atom. The lowest BCUT2D eigenvalue weighted by Gasteiger charge is -2.14. The second-order valence-corrected chi connectivity index (χ2v) is 9.96. The Morgan fingerprint density at radius 3 is 2.24 bits per heavy atom. The molecule has 0 bridgehead atoms. The molecule has 0 saturated heterocycles. The zero-order valence-electron chi connectivity index (χ0n) is 20.6. The van der Waals surface area contributed by atoms with Crippen LogP contribution in [0, 0.1) is 0 Å². The summed E-state index contributed by atoms with van der Waals surface area (Å²) in [6.45, 7) is 2.81. The maximum absolute atomic E-state index is 10.2. The van der Waals surface area contributed by atoms with E-state index < -0.39 is 6.10 Å². The van der Waals surface area contributed by atoms with Crippen LogP contribution < -0.4 is 16.8 Å². The summed E-state index contributed by atoms with van der Waals surface area (Å²) in [6.07, 6.45) is 6.39. The van der Waals surface area contributed by atoms with E-state index in [4.69, 9.17) is 62.6 Å². The second kappa shape index (κ2) is 17.7. The van der Waals surface area contributed by atoms with Crippen LogP contribution in [0.1, 0.15) is 43.0 Å². The molecule has 6 N–H and O–H groups in total. The average molecular weight is 588 g/mol. The van der Waals surface area contributed by atoms with Crippen molar-refractivity contribution in [3.8, 4) is 0 Å². The number of nitrogens with zero attached hydrogens (tertiary/aromatic N) is 1. The van der Waals surface area contributed by atoms with Crippen molar-refractivity contribution >= 4 is 57.8 Å². The molecule has 0 radical (unpaired) electrons. The van der Waals surface area contributed by atoms with Crippen LogP contribution in [0.2, 0.25) is 20.1 Å². The van der Waals surface area contributed by atoms with E-state index >= 15 is 0 Å². The number of anilines is 2. The predicted molar refractivity (Wildman–Crippen MR) is 157 cm³/mol. The molecule has 3 rings (SSSR count). The number of nitrogens with two attached hydrogens (primary N) is 2. The Balaban J connectivity index is 0.000000449. The topological polar surface area (TPSA) is 106 Å². The van der Waals surface area contributed by atoms with Gasteiger partial charge in [-0.2, -0.15) is 0 Å². The molecule has 1 heterocycles. The van der Waals surface area contributed by atoms with Crippen LogP contribution in [0.15, 0.2) is 54.7 Å². The molecular formula is C27H34Cl4N4O2. The Morgan fingerprint density at radius 1 is 0.865 bits per heavy atom. The molecule has 0 aliphatic rings. The largest absolute Gasteiger partial charge is 0.397 e. The minimum atomic E-state index is -0.664. The SMILES string of the molecule is Nc1c(Cl)cc(C(O)CNCCCCCCOCCc2ccccn2)cc1Cl.Nc1cccc(Cl)c1Cl. The van der Waals surface area contributed by atoms with Gasteiger partial charge in [-0.05, 0) is 61.3 Å². The van der Waals surface area contributed by atoms with Crippen LogP contribution in [0.5, 0.6) is 0 Å². The molecule has 0 fully saturated rings. The van der Waals surface area contributed by atoms with E-state index in [1.54, 1.807) is 30.3 Å². The Bertz CT molecular complexity index is 1030. The van der Waals surface area contributed by atoms with Gasteiger partial charge in [0.15, 0.2) is 0 Å². The number of halogens is 4. The molecule has 202 valence electrons. The van der Waals surface area contributed by atoms with Crippen molar-refractivity contribution in [1.29, 1.82) is 0 Å². The number of nitrogen functional groups attached to an aromatic ring is 2. The number of aliphatic hydroxyl groups excluding tert-OH is 1. The molecular weight excluding hydrogens is 554 g/mol. The van der Waals surface area contributed by atoms with Crippen molar-refractivity contribution in [2.75, 3.05) is 37.8 Å². The summed E-state index contributed by atoms with van der Waals surface area (Å²) in [5, 5.41) is 15.1. The number of hydrogen-bond donors (Lipinski definition) is 4. The summed E-state index contributed by atoms with van der Waals surface area (Å²) in [5.41, 5.74) is 13.7. The van der Waals surface area contributed by atoms with Gasteiger partial charge in [0, 0.05) is 31.5 Å². The van der Waals surface area contributed by atoms with Gasteiger partial charge in [-0.15, -0.1) is 0 Å². The van der Waals surface area contributed by atoms with Gasteiger partial charge in [0.05, 0.1) is 44.2 Å². The lowest BCUT2D eigenvalue weighted by atomic mass is 10.1. The van der Waals surface area contributed by atoms with E-state index in [9.17, 15) is 5.11 Å². The van der Waals surface area contributed by atoms with Gasteiger partial charge in [0.25, 0.3) is 0 Å². The molecule has 1 unspecified atom stereocenters. The summed E-state index contributed by atoms with van der Waals surface area (Å²) < 4.78 is 5.65. The third kappa shape index (κ3) is 12.1. The van der Waals surface area contributed by atoms with Crippen molar-refractivity contribution in [2.24, 2.45) is 0 Å². The standard InChI is InChI=1S/C21H29Cl2N3O2.C6H5Cl2N/c22-18-13-16(14-19(23)21(18)24)20(27)15-25-9-4-1-2-6-11-28-12-8-17-7-3-5-10-26-17;7-4-2-1-3-5(9)6(4)8/h3,5,7,10,13-14,20,25,27H,1-2,4,6,8-9,11-12,15,24H2;1-3H,9H2. The quantitative estimate of drug-likeness (QED) is 0.127. The number of pyridine rings is 1. The first-order chi connectivity index (χ1) is 17.8. The molecule has 10 heteroatoms. The van der Waals surface area contributed by atoms with E-state index in [-0.39, 0.29) is 0 Å². The number of ether oxygens (including phenoxy) is 1. The number of aromatic nitrogens is 1. The highest BCUT2D eigenvalue weighted by atomic mass is 35.5. The van der Waals surface area contributed by atoms with Crippen LogP contribution in [0.25, 0.3) is 0 Å². The maximum atomic E-state index is 10.2.